The monoisotopic (exact) mass is 892 g/mol. The SMILES string of the molecule is CCOC(=O)c1cc2c(s1)-c1sccc1N(C(=O)OCc1ccccc1)CC2.CCOC(=O)c1cc2c(s1)-c1sccc1NCC2.C[Si](C)(C)I. The highest BCUT2D eigenvalue weighted by molar-refractivity contribution is 14.1. The molecule has 4 aromatic heterocycles. The zero-order valence-corrected chi connectivity index (χ0v) is 35.6. The fourth-order valence-electron chi connectivity index (χ4n) is 5.20. The number of benzene rings is 1. The lowest BCUT2D eigenvalue weighted by molar-refractivity contribution is 0.0522. The Morgan fingerprint density at radius 1 is 0.784 bits per heavy atom. The topological polar surface area (TPSA) is 94.2 Å². The molecule has 0 atom stereocenters. The van der Waals surface area contributed by atoms with Gasteiger partial charge in [0.05, 0.1) is 44.1 Å². The van der Waals surface area contributed by atoms with E-state index in [1.54, 1.807) is 34.5 Å². The van der Waals surface area contributed by atoms with E-state index in [9.17, 15) is 14.4 Å². The van der Waals surface area contributed by atoms with Gasteiger partial charge in [-0.2, -0.15) is 0 Å². The molecule has 270 valence electrons. The number of anilines is 2. The van der Waals surface area contributed by atoms with Crippen LogP contribution in [0.25, 0.3) is 19.5 Å². The number of carbonyl (C=O) groups is 3. The van der Waals surface area contributed by atoms with Gasteiger partial charge in [0.1, 0.15) is 21.9 Å². The van der Waals surface area contributed by atoms with Crippen molar-refractivity contribution < 1.29 is 28.6 Å². The van der Waals surface area contributed by atoms with Crippen LogP contribution in [-0.2, 0) is 33.7 Å². The van der Waals surface area contributed by atoms with Crippen LogP contribution in [0.2, 0.25) is 19.6 Å². The molecule has 1 N–H and O–H groups in total. The number of nitrogens with zero attached hydrogens (tertiary/aromatic N) is 1. The molecule has 0 bridgehead atoms. The summed E-state index contributed by atoms with van der Waals surface area (Å²) in [6, 6.07) is 17.5. The Morgan fingerprint density at radius 3 is 1.98 bits per heavy atom. The van der Waals surface area contributed by atoms with Crippen LogP contribution < -0.4 is 10.2 Å². The molecule has 1 amide bonds. The Kier molecular flexibility index (Phi) is 13.9. The molecule has 6 heterocycles. The summed E-state index contributed by atoms with van der Waals surface area (Å²) in [5, 5.41) is 7.45. The number of fused-ring (bicyclic) bond motifs is 6. The van der Waals surface area contributed by atoms with Gasteiger partial charge in [0.25, 0.3) is 0 Å². The van der Waals surface area contributed by atoms with Gasteiger partial charge in [0.15, 0.2) is 0 Å². The summed E-state index contributed by atoms with van der Waals surface area (Å²) in [5.74, 6) is -0.501. The fourth-order valence-corrected chi connectivity index (χ4v) is 9.56. The summed E-state index contributed by atoms with van der Waals surface area (Å²) in [7, 11) is 0. The van der Waals surface area contributed by atoms with E-state index < -0.39 is 5.57 Å². The summed E-state index contributed by atoms with van der Waals surface area (Å²) < 4.78 is 15.7. The largest absolute Gasteiger partial charge is 0.462 e. The van der Waals surface area contributed by atoms with Crippen LogP contribution in [0.4, 0.5) is 16.2 Å². The molecule has 2 aliphatic heterocycles. The molecular formula is C37H41IN2O6S4Si. The number of amides is 1. The van der Waals surface area contributed by atoms with Crippen molar-refractivity contribution in [2.45, 2.75) is 52.9 Å². The second kappa shape index (κ2) is 18.1. The van der Waals surface area contributed by atoms with E-state index in [0.717, 1.165) is 39.5 Å². The van der Waals surface area contributed by atoms with Crippen LogP contribution >= 0.6 is 67.1 Å². The van der Waals surface area contributed by atoms with E-state index in [1.807, 2.05) is 60.8 Å². The van der Waals surface area contributed by atoms with Crippen LogP contribution in [0.3, 0.4) is 0 Å². The molecule has 8 nitrogen and oxygen atoms in total. The maximum absolute atomic E-state index is 12.8. The zero-order valence-electron chi connectivity index (χ0n) is 29.2. The third kappa shape index (κ3) is 10.5. The first kappa shape index (κ1) is 39.2. The quantitative estimate of drug-likeness (QED) is 0.0596. The van der Waals surface area contributed by atoms with Gasteiger partial charge in [-0.25, -0.2) is 14.4 Å². The van der Waals surface area contributed by atoms with Crippen molar-refractivity contribution in [2.24, 2.45) is 0 Å². The van der Waals surface area contributed by atoms with E-state index in [1.165, 1.54) is 43.7 Å². The number of hydrogen-bond donors (Lipinski definition) is 1. The van der Waals surface area contributed by atoms with Crippen LogP contribution in [0.1, 0.15) is 49.9 Å². The van der Waals surface area contributed by atoms with Crippen molar-refractivity contribution in [3.8, 4) is 19.5 Å². The third-order valence-corrected chi connectivity index (χ3v) is 11.8. The minimum atomic E-state index is -0.641. The molecule has 0 fully saturated rings. The average molecular weight is 893 g/mol. The highest BCUT2D eigenvalue weighted by atomic mass is 127. The van der Waals surface area contributed by atoms with Crippen LogP contribution in [0.15, 0.2) is 65.4 Å². The fraction of sp³-hybridized carbons (Fsp3) is 0.324. The van der Waals surface area contributed by atoms with Crippen LogP contribution in [0.5, 0.6) is 0 Å². The standard InChI is InChI=1S/C21H19NO4S2.C13H13NO2S2.C3H9ISi/c1-2-25-20(23)17-12-15-8-10-22(16-9-11-27-19(16)18(15)28-17)21(24)26-13-14-6-4-3-5-7-14;1-2-16-13(15)10-7-8-3-5-14-9-4-6-17-12(9)11(8)18-10;1-5(2,3)4/h3-7,9,11-12H,2,8,10,13H2,1H3;4,6-7,14H,2-3,5H2,1H3;1-3H3. The predicted molar refractivity (Wildman–Crippen MR) is 224 cm³/mol. The summed E-state index contributed by atoms with van der Waals surface area (Å²) in [6.07, 6.45) is 1.25. The lowest BCUT2D eigenvalue weighted by Crippen LogP contribution is -2.32. The lowest BCUT2D eigenvalue weighted by Gasteiger charge is -2.20. The van der Waals surface area contributed by atoms with Gasteiger partial charge >= 0.3 is 18.0 Å². The molecule has 7 rings (SSSR count). The first-order valence-electron chi connectivity index (χ1n) is 16.6. The number of halogens is 1. The molecule has 0 radical (unpaired) electrons. The van der Waals surface area contributed by atoms with E-state index in [4.69, 9.17) is 14.2 Å². The molecule has 2 aliphatic rings. The van der Waals surface area contributed by atoms with E-state index in [2.05, 4.69) is 58.2 Å². The van der Waals surface area contributed by atoms with Gasteiger partial charge in [0, 0.05) is 13.1 Å². The Bertz CT molecular complexity index is 1940. The first-order chi connectivity index (χ1) is 24.5. The second-order valence-electron chi connectivity index (χ2n) is 12.4. The highest BCUT2D eigenvalue weighted by Crippen LogP contribution is 2.45. The normalized spacial score (nSPS) is 12.8. The van der Waals surface area contributed by atoms with Crippen LogP contribution in [-0.4, -0.2) is 49.9 Å². The number of hydrogen-bond acceptors (Lipinski definition) is 11. The molecule has 51 heavy (non-hydrogen) atoms. The third-order valence-electron chi connectivity index (χ3n) is 7.32. The minimum Gasteiger partial charge on any atom is -0.462 e. The van der Waals surface area contributed by atoms with Gasteiger partial charge < -0.3 is 19.5 Å². The maximum atomic E-state index is 12.8. The highest BCUT2D eigenvalue weighted by Gasteiger charge is 2.29. The van der Waals surface area contributed by atoms with Crippen molar-refractivity contribution in [1.29, 1.82) is 0 Å². The Balaban J connectivity index is 0.000000187. The number of nitrogens with one attached hydrogen (secondary N) is 1. The van der Waals surface area contributed by atoms with E-state index >= 15 is 0 Å². The first-order valence-corrected chi connectivity index (χ1v) is 26.6. The van der Waals surface area contributed by atoms with Gasteiger partial charge in [-0.1, -0.05) is 50.0 Å². The van der Waals surface area contributed by atoms with Gasteiger partial charge in [-0.15, -0.1) is 67.1 Å². The summed E-state index contributed by atoms with van der Waals surface area (Å²) >= 11 is 8.76. The van der Waals surface area contributed by atoms with E-state index in [0.29, 0.717) is 35.9 Å². The molecular weight excluding hydrogens is 852 g/mol. The summed E-state index contributed by atoms with van der Waals surface area (Å²) in [6.45, 7) is 13.0. The molecule has 0 aliphatic carbocycles. The summed E-state index contributed by atoms with van der Waals surface area (Å²) in [5.41, 5.74) is 4.63. The van der Waals surface area contributed by atoms with E-state index in [-0.39, 0.29) is 24.6 Å². The lowest BCUT2D eigenvalue weighted by atomic mass is 10.2. The predicted octanol–water partition coefficient (Wildman–Crippen LogP) is 11.2. The molecule has 0 saturated carbocycles. The number of rotatable bonds is 6. The van der Waals surface area contributed by atoms with Gasteiger partial charge in [0.2, 0.25) is 0 Å². The minimum absolute atomic E-state index is 0.207. The van der Waals surface area contributed by atoms with Crippen LogP contribution in [0, 0.1) is 0 Å². The van der Waals surface area contributed by atoms with Crippen molar-refractivity contribution in [3.05, 3.63) is 91.8 Å². The number of thiophene rings is 4. The molecule has 5 aromatic rings. The maximum Gasteiger partial charge on any atom is 0.414 e. The Morgan fingerprint density at radius 2 is 1.35 bits per heavy atom. The number of esters is 2. The molecule has 0 unspecified atom stereocenters. The molecule has 14 heteroatoms. The smallest absolute Gasteiger partial charge is 0.414 e. The summed E-state index contributed by atoms with van der Waals surface area (Å²) in [4.78, 5) is 44.1. The Hall–Kier alpha value is -3.02. The van der Waals surface area contributed by atoms with Crippen molar-refractivity contribution in [1.82, 2.24) is 0 Å². The number of carbonyl (C=O) groups excluding carboxylic acids is 3. The molecule has 1 aromatic carbocycles. The van der Waals surface area contributed by atoms with Crippen molar-refractivity contribution in [2.75, 3.05) is 36.5 Å². The van der Waals surface area contributed by atoms with Gasteiger partial charge in [-0.3, -0.25) is 4.90 Å². The molecule has 0 spiro atoms. The average Bonchev–Trinajstić information content (AvgIpc) is 3.89. The number of ether oxygens (including phenoxy) is 3. The Labute approximate surface area is 329 Å². The van der Waals surface area contributed by atoms with Crippen molar-refractivity contribution >= 4 is 102 Å². The zero-order chi connectivity index (χ0) is 36.5. The molecule has 0 saturated heterocycles. The second-order valence-corrected chi connectivity index (χ2v) is 30.1. The van der Waals surface area contributed by atoms with Crippen molar-refractivity contribution in [3.63, 3.8) is 0 Å². The van der Waals surface area contributed by atoms with Gasteiger partial charge in [-0.05, 0) is 78.4 Å².